The lowest BCUT2D eigenvalue weighted by atomic mass is 10.0. The zero-order valence-electron chi connectivity index (χ0n) is 19.5. The van der Waals surface area contributed by atoms with Crippen LogP contribution in [-0.2, 0) is 13.1 Å². The molecule has 6 rings (SSSR count). The number of urea groups is 1. The molecule has 0 unspecified atom stereocenters. The van der Waals surface area contributed by atoms with Crippen molar-refractivity contribution in [2.75, 3.05) is 11.9 Å². The Bertz CT molecular complexity index is 1490. The number of para-hydroxylation sites is 1. The van der Waals surface area contributed by atoms with Crippen LogP contribution in [0.2, 0.25) is 5.02 Å². The molecule has 0 spiro atoms. The van der Waals surface area contributed by atoms with Crippen LogP contribution >= 0.6 is 11.6 Å². The molecule has 2 heterocycles. The number of anilines is 1. The highest BCUT2D eigenvalue weighted by Gasteiger charge is 2.44. The van der Waals surface area contributed by atoms with Crippen LogP contribution in [0.3, 0.4) is 0 Å². The molecule has 1 aliphatic heterocycles. The molecule has 1 saturated carbocycles. The molecule has 2 atom stereocenters. The molecule has 0 saturated heterocycles. The second-order valence-corrected chi connectivity index (χ2v) is 9.74. The van der Waals surface area contributed by atoms with E-state index in [9.17, 15) is 14.7 Å². The summed E-state index contributed by atoms with van der Waals surface area (Å²) in [7, 11) is 0. The average Bonchev–Trinajstić information content (AvgIpc) is 3.65. The van der Waals surface area contributed by atoms with Gasteiger partial charge in [0, 0.05) is 35.6 Å². The van der Waals surface area contributed by atoms with Crippen molar-refractivity contribution in [3.8, 4) is 17.0 Å². The van der Waals surface area contributed by atoms with Crippen molar-refractivity contribution in [3.05, 3.63) is 106 Å². The van der Waals surface area contributed by atoms with Gasteiger partial charge in [0.25, 0.3) is 0 Å². The van der Waals surface area contributed by atoms with Crippen molar-refractivity contribution in [2.24, 2.45) is 0 Å². The molecule has 4 aromatic rings. The molecule has 8 heteroatoms. The van der Waals surface area contributed by atoms with Gasteiger partial charge in [-0.15, -0.1) is 0 Å². The van der Waals surface area contributed by atoms with E-state index in [2.05, 4.69) is 5.32 Å². The Kier molecular flexibility index (Phi) is 5.57. The summed E-state index contributed by atoms with van der Waals surface area (Å²) in [6.07, 6.45) is 0.777. The predicted octanol–water partition coefficient (Wildman–Crippen LogP) is 5.45. The van der Waals surface area contributed by atoms with Crippen LogP contribution in [0.15, 0.2) is 83.7 Å². The summed E-state index contributed by atoms with van der Waals surface area (Å²) in [6.45, 7) is 0.869. The summed E-state index contributed by atoms with van der Waals surface area (Å²) in [5.41, 5.74) is 3.99. The van der Waals surface area contributed by atoms with E-state index in [-0.39, 0.29) is 36.1 Å². The van der Waals surface area contributed by atoms with E-state index in [0.29, 0.717) is 29.5 Å². The molecule has 0 radical (unpaired) electrons. The predicted molar refractivity (Wildman–Crippen MR) is 140 cm³/mol. The van der Waals surface area contributed by atoms with Crippen molar-refractivity contribution in [2.45, 2.75) is 31.5 Å². The Balaban J connectivity index is 1.21. The first-order chi connectivity index (χ1) is 17.5. The minimum Gasteiger partial charge on any atom is -0.493 e. The molecule has 2 amide bonds. The Morgan fingerprint density at radius 3 is 2.44 bits per heavy atom. The zero-order valence-corrected chi connectivity index (χ0v) is 20.2. The van der Waals surface area contributed by atoms with Crippen molar-refractivity contribution in [3.63, 3.8) is 0 Å². The molecule has 36 heavy (non-hydrogen) atoms. The Morgan fingerprint density at radius 1 is 0.944 bits per heavy atom. The minimum atomic E-state index is -0.269. The number of nitrogens with zero attached hydrogens (tertiary/aromatic N) is 3. The molecule has 0 bridgehead atoms. The number of aromatic nitrogens is 2. The largest absolute Gasteiger partial charge is 0.493 e. The van der Waals surface area contributed by atoms with Gasteiger partial charge in [-0.2, -0.15) is 0 Å². The molecule has 1 aromatic heterocycles. The number of imidazole rings is 1. The first-order valence-electron chi connectivity index (χ1n) is 12.0. The molecular formula is C28H25ClN4O3. The SMILES string of the molecule is O=C(Nc1ccccc1-c1ccccc1)N1CCn2c(c(O)n([C@@H]3C[C@H]3c3ccc(Cl)cc3)c2=O)C1. The number of amides is 2. The van der Waals surface area contributed by atoms with E-state index in [1.807, 2.05) is 78.9 Å². The fraction of sp³-hybridized carbons (Fsp3) is 0.214. The Labute approximate surface area is 213 Å². The number of aromatic hydroxyl groups is 1. The third-order valence-electron chi connectivity index (χ3n) is 7.11. The van der Waals surface area contributed by atoms with Crippen LogP contribution in [0.5, 0.6) is 5.88 Å². The first kappa shape index (κ1) is 22.5. The van der Waals surface area contributed by atoms with Gasteiger partial charge < -0.3 is 15.3 Å². The number of nitrogens with one attached hydrogen (secondary N) is 1. The number of hydrogen-bond acceptors (Lipinski definition) is 3. The maximum absolute atomic E-state index is 13.2. The summed E-state index contributed by atoms with van der Waals surface area (Å²) in [4.78, 5) is 28.0. The standard InChI is InChI=1S/C28H25ClN4O3/c29-20-12-10-19(11-13-20)22-16-24(22)33-26(34)25-17-31(14-15-32(25)28(33)36)27(35)30-23-9-5-4-8-21(23)18-6-2-1-3-7-18/h1-13,22,24,34H,14-17H2,(H,30,35)/t22-,24+/m0/s1. The third-order valence-corrected chi connectivity index (χ3v) is 7.36. The summed E-state index contributed by atoms with van der Waals surface area (Å²) >= 11 is 6.00. The third kappa shape index (κ3) is 3.95. The number of rotatable bonds is 4. The topological polar surface area (TPSA) is 79.5 Å². The highest BCUT2D eigenvalue weighted by atomic mass is 35.5. The Hall–Kier alpha value is -3.97. The molecule has 1 aliphatic carbocycles. The average molecular weight is 501 g/mol. The van der Waals surface area contributed by atoms with Crippen LogP contribution in [0.25, 0.3) is 11.1 Å². The molecular weight excluding hydrogens is 476 g/mol. The van der Waals surface area contributed by atoms with E-state index in [4.69, 9.17) is 11.6 Å². The van der Waals surface area contributed by atoms with Gasteiger partial charge in [0.1, 0.15) is 5.69 Å². The molecule has 2 aliphatic rings. The van der Waals surface area contributed by atoms with E-state index in [0.717, 1.165) is 23.1 Å². The van der Waals surface area contributed by atoms with Crippen molar-refractivity contribution in [1.29, 1.82) is 0 Å². The van der Waals surface area contributed by atoms with Crippen LogP contribution in [0.4, 0.5) is 10.5 Å². The van der Waals surface area contributed by atoms with Gasteiger partial charge in [-0.1, -0.05) is 72.3 Å². The van der Waals surface area contributed by atoms with Crippen molar-refractivity contribution >= 4 is 23.3 Å². The fourth-order valence-electron chi connectivity index (χ4n) is 5.13. The number of carbonyl (C=O) groups is 1. The quantitative estimate of drug-likeness (QED) is 0.391. The van der Waals surface area contributed by atoms with E-state index in [1.165, 1.54) is 4.57 Å². The molecule has 7 nitrogen and oxygen atoms in total. The highest BCUT2D eigenvalue weighted by Crippen LogP contribution is 2.52. The molecule has 1 fully saturated rings. The number of carbonyl (C=O) groups excluding carboxylic acids is 1. The monoisotopic (exact) mass is 500 g/mol. The summed E-state index contributed by atoms with van der Waals surface area (Å²) in [6, 6.07) is 24.8. The van der Waals surface area contributed by atoms with Gasteiger partial charge in [-0.05, 0) is 35.7 Å². The number of hydrogen-bond donors (Lipinski definition) is 2. The van der Waals surface area contributed by atoms with Gasteiger partial charge in [-0.3, -0.25) is 9.13 Å². The van der Waals surface area contributed by atoms with Gasteiger partial charge in [0.2, 0.25) is 5.88 Å². The lowest BCUT2D eigenvalue weighted by molar-refractivity contribution is 0.195. The second-order valence-electron chi connectivity index (χ2n) is 9.30. The van der Waals surface area contributed by atoms with Gasteiger partial charge >= 0.3 is 11.7 Å². The van der Waals surface area contributed by atoms with Crippen LogP contribution in [-0.4, -0.2) is 31.7 Å². The molecule has 2 N–H and O–H groups in total. The number of halogens is 1. The maximum Gasteiger partial charge on any atom is 0.331 e. The number of benzene rings is 3. The van der Waals surface area contributed by atoms with Gasteiger partial charge in [0.15, 0.2) is 0 Å². The fourth-order valence-corrected chi connectivity index (χ4v) is 5.25. The van der Waals surface area contributed by atoms with Crippen LogP contribution in [0, 0.1) is 0 Å². The summed E-state index contributed by atoms with van der Waals surface area (Å²) < 4.78 is 3.08. The van der Waals surface area contributed by atoms with Crippen molar-refractivity contribution < 1.29 is 9.90 Å². The van der Waals surface area contributed by atoms with Crippen LogP contribution < -0.4 is 11.0 Å². The minimum absolute atomic E-state index is 0.0522. The van der Waals surface area contributed by atoms with Gasteiger partial charge in [-0.25, -0.2) is 9.59 Å². The summed E-state index contributed by atoms with van der Waals surface area (Å²) in [5.74, 6) is 0.104. The van der Waals surface area contributed by atoms with Crippen molar-refractivity contribution in [1.82, 2.24) is 14.0 Å². The highest BCUT2D eigenvalue weighted by molar-refractivity contribution is 6.30. The normalized spacial score (nSPS) is 18.5. The second kappa shape index (κ2) is 8.91. The maximum atomic E-state index is 13.2. The first-order valence-corrected chi connectivity index (χ1v) is 12.4. The lowest BCUT2D eigenvalue weighted by Crippen LogP contribution is -2.42. The molecule has 3 aromatic carbocycles. The molecule has 182 valence electrons. The van der Waals surface area contributed by atoms with E-state index < -0.39 is 0 Å². The smallest absolute Gasteiger partial charge is 0.331 e. The van der Waals surface area contributed by atoms with Crippen LogP contribution in [0.1, 0.15) is 29.6 Å². The van der Waals surface area contributed by atoms with Gasteiger partial charge in [0.05, 0.1) is 12.2 Å². The van der Waals surface area contributed by atoms with E-state index in [1.54, 1.807) is 9.47 Å². The number of fused-ring (bicyclic) bond motifs is 1. The Morgan fingerprint density at radius 2 is 1.67 bits per heavy atom. The lowest BCUT2D eigenvalue weighted by Gasteiger charge is -2.28. The summed E-state index contributed by atoms with van der Waals surface area (Å²) in [5, 5.41) is 14.7. The zero-order chi connectivity index (χ0) is 24.8. The van der Waals surface area contributed by atoms with E-state index >= 15 is 0 Å².